The van der Waals surface area contributed by atoms with Gasteiger partial charge in [-0.25, -0.2) is 4.79 Å². The van der Waals surface area contributed by atoms with Gasteiger partial charge in [-0.3, -0.25) is 4.79 Å². The second kappa shape index (κ2) is 6.69. The quantitative estimate of drug-likeness (QED) is 0.514. The van der Waals surface area contributed by atoms with E-state index in [1.54, 1.807) is 0 Å². The van der Waals surface area contributed by atoms with E-state index < -0.39 is 5.97 Å². The first-order valence-electron chi connectivity index (χ1n) is 12.2. The monoisotopic (exact) mass is 414 g/mol. The molecule has 0 spiro atoms. The zero-order valence-electron chi connectivity index (χ0n) is 20.0. The summed E-state index contributed by atoms with van der Waals surface area (Å²) in [5.74, 6) is 1.21. The van der Waals surface area contributed by atoms with E-state index in [4.69, 9.17) is 5.11 Å². The highest BCUT2D eigenvalue weighted by molar-refractivity contribution is 5.82. The lowest BCUT2D eigenvalue weighted by molar-refractivity contribution is -0.222. The van der Waals surface area contributed by atoms with E-state index in [1.165, 1.54) is 38.2 Å². The van der Waals surface area contributed by atoms with Crippen LogP contribution in [0.1, 0.15) is 99.3 Å². The first-order chi connectivity index (χ1) is 13.8. The average molecular weight is 415 g/mol. The van der Waals surface area contributed by atoms with E-state index >= 15 is 0 Å². The van der Waals surface area contributed by atoms with Crippen molar-refractivity contribution >= 4 is 11.8 Å². The Hall–Kier alpha value is -1.12. The minimum absolute atomic E-state index is 0.0185. The molecular weight excluding hydrogens is 372 g/mol. The van der Waals surface area contributed by atoms with Crippen LogP contribution >= 0.6 is 0 Å². The van der Waals surface area contributed by atoms with Crippen LogP contribution in [-0.4, -0.2) is 16.9 Å². The fourth-order valence-corrected chi connectivity index (χ4v) is 9.36. The maximum absolute atomic E-state index is 12.6. The van der Waals surface area contributed by atoms with Crippen molar-refractivity contribution in [3.63, 3.8) is 0 Å². The molecule has 0 bridgehead atoms. The summed E-state index contributed by atoms with van der Waals surface area (Å²) in [6.07, 6.45) is 13.4. The number of carboxylic acids is 1. The molecule has 168 valence electrons. The number of carbonyl (C=O) groups is 2. The molecule has 0 radical (unpaired) electrons. The Morgan fingerprint density at radius 1 is 0.933 bits per heavy atom. The van der Waals surface area contributed by atoms with Gasteiger partial charge in [0.15, 0.2) is 0 Å². The first-order valence-corrected chi connectivity index (χ1v) is 12.2. The maximum Gasteiger partial charge on any atom is 0.327 e. The average Bonchev–Trinajstić information content (AvgIpc) is 2.66. The van der Waals surface area contributed by atoms with Crippen molar-refractivity contribution in [3.8, 4) is 0 Å². The molecule has 4 aliphatic rings. The molecule has 8 atom stereocenters. The van der Waals surface area contributed by atoms with Crippen molar-refractivity contribution in [1.82, 2.24) is 0 Å². The highest BCUT2D eigenvalue weighted by Gasteiger charge is 2.67. The summed E-state index contributed by atoms with van der Waals surface area (Å²) in [7, 11) is 0. The molecule has 0 aromatic rings. The van der Waals surface area contributed by atoms with Crippen LogP contribution in [0.25, 0.3) is 0 Å². The standard InChI is InChI=1S/C27H42O3/c1-18-19(28)7-8-20-25(18,4)12-9-21-26(20,5)15-14-24(3)17-23(2,11-10-22(29)30)13-16-27(21,24)6/h10-11,18,20-21H,7-9,12-17H2,1-6H3,(H,29,30). The molecule has 30 heavy (non-hydrogen) atoms. The van der Waals surface area contributed by atoms with Gasteiger partial charge in [-0.2, -0.15) is 0 Å². The van der Waals surface area contributed by atoms with E-state index in [-0.39, 0.29) is 22.2 Å². The van der Waals surface area contributed by atoms with Gasteiger partial charge in [0.1, 0.15) is 5.78 Å². The summed E-state index contributed by atoms with van der Waals surface area (Å²) in [6, 6.07) is 0. The zero-order chi connectivity index (χ0) is 22.2. The molecular formula is C27H42O3. The normalized spacial score (nSPS) is 53.7. The Bertz CT molecular complexity index is 785. The van der Waals surface area contributed by atoms with Gasteiger partial charge >= 0.3 is 5.97 Å². The molecule has 0 saturated heterocycles. The molecule has 4 aliphatic carbocycles. The molecule has 3 nitrogen and oxygen atoms in total. The maximum atomic E-state index is 12.6. The Labute approximate surface area is 183 Å². The molecule has 4 fully saturated rings. The van der Waals surface area contributed by atoms with Crippen LogP contribution in [0.3, 0.4) is 0 Å². The third kappa shape index (κ3) is 2.89. The molecule has 1 N–H and O–H groups in total. The van der Waals surface area contributed by atoms with Gasteiger partial charge in [-0.05, 0) is 90.3 Å². The number of carbonyl (C=O) groups excluding carboxylic acids is 1. The van der Waals surface area contributed by atoms with Crippen molar-refractivity contribution < 1.29 is 14.7 Å². The SMILES string of the molecule is CC1C(=O)CCC2C1(C)CCC1C2(C)CCC2(C)CC(C)(C=CC(=O)O)CCC12C. The number of allylic oxidation sites excluding steroid dienone is 1. The summed E-state index contributed by atoms with van der Waals surface area (Å²) in [4.78, 5) is 23.7. The predicted octanol–water partition coefficient (Wildman–Crippen LogP) is 6.66. The summed E-state index contributed by atoms with van der Waals surface area (Å²) in [5, 5.41) is 9.16. The first kappa shape index (κ1) is 22.1. The zero-order valence-corrected chi connectivity index (χ0v) is 20.0. The van der Waals surface area contributed by atoms with Gasteiger partial charge < -0.3 is 5.11 Å². The highest BCUT2D eigenvalue weighted by atomic mass is 16.4. The summed E-state index contributed by atoms with van der Waals surface area (Å²) in [5.41, 5.74) is 1.01. The molecule has 0 aliphatic heterocycles. The summed E-state index contributed by atoms with van der Waals surface area (Å²) >= 11 is 0. The van der Waals surface area contributed by atoms with E-state index in [0.29, 0.717) is 28.4 Å². The molecule has 0 aromatic heterocycles. The number of rotatable bonds is 2. The van der Waals surface area contributed by atoms with Crippen LogP contribution in [0.5, 0.6) is 0 Å². The number of Topliss-reactive ketones (excluding diaryl/α,β-unsaturated/α-hetero) is 1. The third-order valence-corrected chi connectivity index (χ3v) is 11.5. The smallest absolute Gasteiger partial charge is 0.327 e. The van der Waals surface area contributed by atoms with Crippen molar-refractivity contribution in [3.05, 3.63) is 12.2 Å². The van der Waals surface area contributed by atoms with Crippen LogP contribution in [0.2, 0.25) is 0 Å². The molecule has 8 unspecified atom stereocenters. The van der Waals surface area contributed by atoms with Crippen LogP contribution in [0, 0.1) is 44.8 Å². The van der Waals surface area contributed by atoms with E-state index in [2.05, 4.69) is 41.5 Å². The van der Waals surface area contributed by atoms with Crippen LogP contribution in [0.4, 0.5) is 0 Å². The van der Waals surface area contributed by atoms with E-state index in [0.717, 1.165) is 25.7 Å². The lowest BCUT2D eigenvalue weighted by Gasteiger charge is -2.71. The van der Waals surface area contributed by atoms with Gasteiger partial charge in [0, 0.05) is 18.4 Å². The fourth-order valence-electron chi connectivity index (χ4n) is 9.36. The van der Waals surface area contributed by atoms with Crippen molar-refractivity contribution in [2.24, 2.45) is 44.8 Å². The van der Waals surface area contributed by atoms with E-state index in [1.807, 2.05) is 6.08 Å². The van der Waals surface area contributed by atoms with Crippen molar-refractivity contribution in [2.45, 2.75) is 99.3 Å². The Morgan fingerprint density at radius 2 is 1.63 bits per heavy atom. The summed E-state index contributed by atoms with van der Waals surface area (Å²) in [6.45, 7) is 14.5. The van der Waals surface area contributed by atoms with Gasteiger partial charge in [-0.1, -0.05) is 47.6 Å². The van der Waals surface area contributed by atoms with Crippen LogP contribution < -0.4 is 0 Å². The van der Waals surface area contributed by atoms with Gasteiger partial charge in [0.2, 0.25) is 0 Å². The Morgan fingerprint density at radius 3 is 2.30 bits per heavy atom. The fraction of sp³-hybridized carbons (Fsp3) is 0.852. The Kier molecular flexibility index (Phi) is 4.92. The number of hydrogen-bond donors (Lipinski definition) is 1. The number of fused-ring (bicyclic) bond motifs is 5. The summed E-state index contributed by atoms with van der Waals surface area (Å²) < 4.78 is 0. The predicted molar refractivity (Wildman–Crippen MR) is 120 cm³/mol. The highest BCUT2D eigenvalue weighted by Crippen LogP contribution is 2.75. The third-order valence-electron chi connectivity index (χ3n) is 11.5. The van der Waals surface area contributed by atoms with Crippen LogP contribution in [-0.2, 0) is 9.59 Å². The van der Waals surface area contributed by atoms with Crippen LogP contribution in [0.15, 0.2) is 12.2 Å². The van der Waals surface area contributed by atoms with Gasteiger partial charge in [-0.15, -0.1) is 0 Å². The lowest BCUT2D eigenvalue weighted by Crippen LogP contribution is -2.64. The second-order valence-corrected chi connectivity index (χ2v) is 12.9. The number of carboxylic acid groups (broad SMARTS) is 1. The largest absolute Gasteiger partial charge is 0.478 e. The molecule has 4 saturated carbocycles. The topological polar surface area (TPSA) is 54.4 Å². The lowest BCUT2D eigenvalue weighted by atomic mass is 9.33. The number of ketones is 1. The molecule has 4 rings (SSSR count). The minimum Gasteiger partial charge on any atom is -0.478 e. The molecule has 0 amide bonds. The molecule has 0 aromatic carbocycles. The van der Waals surface area contributed by atoms with Crippen molar-refractivity contribution in [2.75, 3.05) is 0 Å². The van der Waals surface area contributed by atoms with Gasteiger partial charge in [0.25, 0.3) is 0 Å². The Balaban J connectivity index is 1.67. The van der Waals surface area contributed by atoms with Gasteiger partial charge in [0.05, 0.1) is 0 Å². The minimum atomic E-state index is -0.835. The molecule has 3 heteroatoms. The number of hydrogen-bond acceptors (Lipinski definition) is 2. The second-order valence-electron chi connectivity index (χ2n) is 12.9. The number of aliphatic carboxylic acids is 1. The van der Waals surface area contributed by atoms with E-state index in [9.17, 15) is 9.59 Å². The molecule has 0 heterocycles. The van der Waals surface area contributed by atoms with Crippen molar-refractivity contribution in [1.29, 1.82) is 0 Å².